The molecule has 0 spiro atoms. The molecule has 0 amide bonds. The number of hydrogen-bond donors (Lipinski definition) is 0. The molecule has 0 aromatic heterocycles. The molecule has 0 unspecified atom stereocenters. The summed E-state index contributed by atoms with van der Waals surface area (Å²) >= 11 is 0. The van der Waals surface area contributed by atoms with Crippen LogP contribution in [0.3, 0.4) is 0 Å². The lowest BCUT2D eigenvalue weighted by molar-refractivity contribution is -0.139. The lowest BCUT2D eigenvalue weighted by atomic mass is 10.1. The predicted molar refractivity (Wildman–Crippen MR) is 181 cm³/mol. The number of rotatable bonds is 23. The van der Waals surface area contributed by atoms with E-state index in [4.69, 9.17) is 33.2 Å². The molecular weight excluding hydrogens is 604 g/mol. The van der Waals surface area contributed by atoms with Gasteiger partial charge in [0.05, 0.1) is 47.3 Å². The summed E-state index contributed by atoms with van der Waals surface area (Å²) in [7, 11) is 3.11. The highest BCUT2D eigenvalue weighted by Crippen LogP contribution is 2.30. The van der Waals surface area contributed by atoms with Crippen molar-refractivity contribution in [2.75, 3.05) is 47.3 Å². The van der Waals surface area contributed by atoms with E-state index < -0.39 is 11.9 Å². The molecule has 256 valence electrons. The molecule has 0 aliphatic rings. The van der Waals surface area contributed by atoms with Crippen LogP contribution >= 0.6 is 0 Å². The van der Waals surface area contributed by atoms with E-state index in [-0.39, 0.29) is 12.6 Å². The zero-order chi connectivity index (χ0) is 34.3. The number of ether oxygens (including phenoxy) is 7. The molecule has 0 saturated heterocycles. The maximum Gasteiger partial charge on any atom is 0.333 e. The van der Waals surface area contributed by atoms with Crippen molar-refractivity contribution in [1.82, 2.24) is 0 Å². The standard InChI is InChI=1S/C37H48O10/c1-6-43-35(38)20-16-29-15-19-32(34(26-29)42-5)45-24-13-25-46-36(39)21-17-30-14-18-31(33(27-30)41-4)44-22-11-9-7-8-10-12-23-47-37(40)28(2)3/h14-21,26-27H,2,6-13,22-25H2,1,3-5H3/b20-16+,21-17+. The third kappa shape index (κ3) is 15.9. The average Bonchev–Trinajstić information content (AvgIpc) is 3.07. The first kappa shape index (κ1) is 38.5. The van der Waals surface area contributed by atoms with Crippen LogP contribution in [0, 0.1) is 0 Å². The maximum absolute atomic E-state index is 12.2. The summed E-state index contributed by atoms with van der Waals surface area (Å²) in [5, 5.41) is 0. The van der Waals surface area contributed by atoms with E-state index >= 15 is 0 Å². The molecule has 0 fully saturated rings. The first-order valence-corrected chi connectivity index (χ1v) is 15.9. The summed E-state index contributed by atoms with van der Waals surface area (Å²) in [6, 6.07) is 10.8. The van der Waals surface area contributed by atoms with Crippen LogP contribution in [-0.4, -0.2) is 65.2 Å². The Morgan fingerprint density at radius 1 is 0.617 bits per heavy atom. The van der Waals surface area contributed by atoms with Crippen molar-refractivity contribution >= 4 is 30.1 Å². The summed E-state index contributed by atoms with van der Waals surface area (Å²) in [6.45, 7) is 8.79. The molecule has 47 heavy (non-hydrogen) atoms. The Morgan fingerprint density at radius 2 is 1.09 bits per heavy atom. The van der Waals surface area contributed by atoms with Gasteiger partial charge in [-0.25, -0.2) is 14.4 Å². The first-order valence-electron chi connectivity index (χ1n) is 15.9. The molecular formula is C37H48O10. The zero-order valence-corrected chi connectivity index (χ0v) is 28.0. The van der Waals surface area contributed by atoms with E-state index in [1.165, 1.54) is 19.3 Å². The van der Waals surface area contributed by atoms with Gasteiger partial charge in [-0.2, -0.15) is 0 Å². The van der Waals surface area contributed by atoms with Gasteiger partial charge in [-0.05, 0) is 74.2 Å². The largest absolute Gasteiger partial charge is 0.493 e. The molecule has 0 N–H and O–H groups in total. The molecule has 2 rings (SSSR count). The van der Waals surface area contributed by atoms with Crippen LogP contribution in [0.1, 0.15) is 69.9 Å². The van der Waals surface area contributed by atoms with Crippen LogP contribution in [0.4, 0.5) is 0 Å². The van der Waals surface area contributed by atoms with Crippen molar-refractivity contribution in [1.29, 1.82) is 0 Å². The predicted octanol–water partition coefficient (Wildman–Crippen LogP) is 7.14. The van der Waals surface area contributed by atoms with E-state index in [1.807, 2.05) is 12.1 Å². The van der Waals surface area contributed by atoms with E-state index in [1.54, 1.807) is 57.4 Å². The second kappa shape index (κ2) is 22.7. The van der Waals surface area contributed by atoms with E-state index in [0.717, 1.165) is 49.7 Å². The molecule has 10 nitrogen and oxygen atoms in total. The highest BCUT2D eigenvalue weighted by atomic mass is 16.5. The van der Waals surface area contributed by atoms with Gasteiger partial charge < -0.3 is 33.2 Å². The van der Waals surface area contributed by atoms with Gasteiger partial charge in [0.1, 0.15) is 0 Å². The molecule has 0 radical (unpaired) electrons. The number of benzene rings is 2. The van der Waals surface area contributed by atoms with Crippen molar-refractivity contribution in [3.8, 4) is 23.0 Å². The van der Waals surface area contributed by atoms with Gasteiger partial charge in [0.25, 0.3) is 0 Å². The summed E-state index contributed by atoms with van der Waals surface area (Å²) in [5.74, 6) is 1.08. The number of hydrogen-bond acceptors (Lipinski definition) is 10. The monoisotopic (exact) mass is 652 g/mol. The van der Waals surface area contributed by atoms with Crippen LogP contribution in [-0.2, 0) is 28.6 Å². The second-order valence-electron chi connectivity index (χ2n) is 10.5. The fraction of sp³-hybridized carbons (Fsp3) is 0.432. The number of carbonyl (C=O) groups is 3. The number of carbonyl (C=O) groups excluding carboxylic acids is 3. The number of unbranched alkanes of at least 4 members (excludes halogenated alkanes) is 5. The molecule has 2 aromatic rings. The topological polar surface area (TPSA) is 116 Å². The summed E-state index contributed by atoms with van der Waals surface area (Å²) < 4.78 is 37.8. The Morgan fingerprint density at radius 3 is 1.60 bits per heavy atom. The van der Waals surface area contributed by atoms with Crippen molar-refractivity contribution in [2.45, 2.75) is 58.8 Å². The molecule has 0 atom stereocenters. The van der Waals surface area contributed by atoms with E-state index in [2.05, 4.69) is 6.58 Å². The van der Waals surface area contributed by atoms with E-state index in [9.17, 15) is 14.4 Å². The smallest absolute Gasteiger partial charge is 0.333 e. The molecule has 0 bridgehead atoms. The van der Waals surface area contributed by atoms with Crippen molar-refractivity contribution in [2.24, 2.45) is 0 Å². The van der Waals surface area contributed by atoms with Gasteiger partial charge in [0, 0.05) is 24.1 Å². The SMILES string of the molecule is C=C(C)C(=O)OCCCCCCCCOc1ccc(/C=C/C(=O)OCCCOc2ccc(/C=C/C(=O)OCC)cc2OC)cc1OC. The average molecular weight is 653 g/mol. The van der Waals surface area contributed by atoms with Crippen molar-refractivity contribution in [3.63, 3.8) is 0 Å². The third-order valence-electron chi connectivity index (χ3n) is 6.65. The minimum atomic E-state index is -0.465. The van der Waals surface area contributed by atoms with Gasteiger partial charge in [0.15, 0.2) is 23.0 Å². The van der Waals surface area contributed by atoms with E-state index in [0.29, 0.717) is 61.4 Å². The minimum Gasteiger partial charge on any atom is -0.493 e. The summed E-state index contributed by atoms with van der Waals surface area (Å²) in [6.07, 6.45) is 12.5. The molecule has 10 heteroatoms. The van der Waals surface area contributed by atoms with Crippen molar-refractivity contribution in [3.05, 3.63) is 71.8 Å². The fourth-order valence-electron chi connectivity index (χ4n) is 4.18. The fourth-order valence-corrected chi connectivity index (χ4v) is 4.18. The molecule has 0 aliphatic carbocycles. The molecule has 0 heterocycles. The number of esters is 3. The zero-order valence-electron chi connectivity index (χ0n) is 28.0. The van der Waals surface area contributed by atoms with Crippen LogP contribution in [0.5, 0.6) is 23.0 Å². The highest BCUT2D eigenvalue weighted by molar-refractivity contribution is 5.88. The summed E-state index contributed by atoms with van der Waals surface area (Å²) in [5.41, 5.74) is 1.96. The van der Waals surface area contributed by atoms with Gasteiger partial charge in [-0.1, -0.05) is 44.4 Å². The Hall–Kier alpha value is -4.73. The maximum atomic E-state index is 12.2. The Bertz CT molecular complexity index is 1340. The molecule has 2 aromatic carbocycles. The van der Waals surface area contributed by atoms with Crippen molar-refractivity contribution < 1.29 is 47.5 Å². The minimum absolute atomic E-state index is 0.187. The van der Waals surface area contributed by atoms with Crippen LogP contribution in [0.2, 0.25) is 0 Å². The lowest BCUT2D eigenvalue weighted by Gasteiger charge is -2.11. The lowest BCUT2D eigenvalue weighted by Crippen LogP contribution is -2.07. The van der Waals surface area contributed by atoms with Crippen LogP contribution in [0.15, 0.2) is 60.7 Å². The molecule has 0 aliphatic heterocycles. The van der Waals surface area contributed by atoms with Gasteiger partial charge in [-0.3, -0.25) is 0 Å². The van der Waals surface area contributed by atoms with Gasteiger partial charge in [0.2, 0.25) is 0 Å². The Balaban J connectivity index is 1.66. The second-order valence-corrected chi connectivity index (χ2v) is 10.5. The summed E-state index contributed by atoms with van der Waals surface area (Å²) in [4.78, 5) is 35.1. The normalized spacial score (nSPS) is 10.9. The number of methoxy groups -OCH3 is 2. The highest BCUT2D eigenvalue weighted by Gasteiger charge is 2.08. The Labute approximate surface area is 278 Å². The Kier molecular flexibility index (Phi) is 18.6. The third-order valence-corrected chi connectivity index (χ3v) is 6.65. The molecule has 0 saturated carbocycles. The van der Waals surface area contributed by atoms with Crippen LogP contribution in [0.25, 0.3) is 12.2 Å². The quantitative estimate of drug-likeness (QED) is 0.0531. The van der Waals surface area contributed by atoms with Gasteiger partial charge >= 0.3 is 17.9 Å². The van der Waals surface area contributed by atoms with Crippen LogP contribution < -0.4 is 18.9 Å². The van der Waals surface area contributed by atoms with Gasteiger partial charge in [-0.15, -0.1) is 0 Å². The first-order chi connectivity index (χ1) is 22.8.